The number of methoxy groups -OCH3 is 2. The van der Waals surface area contributed by atoms with Crippen LogP contribution in [0.5, 0.6) is 11.5 Å². The number of thiazole rings is 1. The molecule has 1 aromatic carbocycles. The van der Waals surface area contributed by atoms with Crippen LogP contribution in [-0.4, -0.2) is 67.1 Å². The van der Waals surface area contributed by atoms with E-state index in [0.717, 1.165) is 42.4 Å². The molecule has 0 saturated carbocycles. The van der Waals surface area contributed by atoms with E-state index in [-0.39, 0.29) is 5.91 Å². The van der Waals surface area contributed by atoms with E-state index in [0.29, 0.717) is 22.4 Å². The average molecular weight is 390 g/mol. The van der Waals surface area contributed by atoms with Crippen LogP contribution in [0, 0.1) is 6.92 Å². The number of benzene rings is 1. The molecule has 1 amide bonds. The molecule has 0 unspecified atom stereocenters. The standard InChI is InChI=1S/C20H27N3O3S/c1-13(2)22-9-11-23(12-10-22)20(24)18-14(3)21-19(27-18)17-15(25-4)7-6-8-16(17)26-5/h6-8,13H,9-12H2,1-5H3. The molecule has 1 aliphatic rings. The number of carbonyl (C=O) groups is 1. The van der Waals surface area contributed by atoms with Crippen LogP contribution < -0.4 is 9.47 Å². The zero-order valence-corrected chi connectivity index (χ0v) is 17.4. The number of hydrogen-bond acceptors (Lipinski definition) is 6. The van der Waals surface area contributed by atoms with E-state index in [4.69, 9.17) is 9.47 Å². The lowest BCUT2D eigenvalue weighted by Gasteiger charge is -2.36. The molecule has 1 aliphatic heterocycles. The first-order valence-electron chi connectivity index (χ1n) is 9.18. The zero-order valence-electron chi connectivity index (χ0n) is 16.6. The van der Waals surface area contributed by atoms with Crippen molar-refractivity contribution >= 4 is 17.2 Å². The van der Waals surface area contributed by atoms with Gasteiger partial charge >= 0.3 is 0 Å². The van der Waals surface area contributed by atoms with Crippen molar-refractivity contribution in [2.45, 2.75) is 26.8 Å². The molecule has 0 atom stereocenters. The Labute approximate surface area is 164 Å². The summed E-state index contributed by atoms with van der Waals surface area (Å²) < 4.78 is 11.0. The molecule has 7 heteroatoms. The third-order valence-corrected chi connectivity index (χ3v) is 6.13. The summed E-state index contributed by atoms with van der Waals surface area (Å²) in [4.78, 5) is 22.7. The summed E-state index contributed by atoms with van der Waals surface area (Å²) in [5.74, 6) is 1.44. The summed E-state index contributed by atoms with van der Waals surface area (Å²) in [7, 11) is 3.25. The van der Waals surface area contributed by atoms with Crippen molar-refractivity contribution in [1.29, 1.82) is 0 Å². The summed E-state index contributed by atoms with van der Waals surface area (Å²) in [5, 5.41) is 0.742. The van der Waals surface area contributed by atoms with Crippen molar-refractivity contribution in [3.63, 3.8) is 0 Å². The molecule has 2 aromatic rings. The van der Waals surface area contributed by atoms with Crippen molar-refractivity contribution < 1.29 is 14.3 Å². The summed E-state index contributed by atoms with van der Waals surface area (Å²) in [5.41, 5.74) is 1.54. The average Bonchev–Trinajstić information content (AvgIpc) is 3.07. The minimum Gasteiger partial charge on any atom is -0.496 e. The van der Waals surface area contributed by atoms with Crippen molar-refractivity contribution in [3.05, 3.63) is 28.8 Å². The maximum atomic E-state index is 13.1. The molecule has 0 spiro atoms. The number of rotatable bonds is 5. The fourth-order valence-corrected chi connectivity index (χ4v) is 4.44. The van der Waals surface area contributed by atoms with Crippen LogP contribution in [0.25, 0.3) is 10.6 Å². The molecule has 146 valence electrons. The Bertz CT molecular complexity index is 789. The van der Waals surface area contributed by atoms with E-state index in [1.54, 1.807) is 14.2 Å². The maximum Gasteiger partial charge on any atom is 0.265 e. The highest BCUT2D eigenvalue weighted by molar-refractivity contribution is 7.17. The summed E-state index contributed by atoms with van der Waals surface area (Å²) in [6.45, 7) is 9.60. The van der Waals surface area contributed by atoms with Gasteiger partial charge in [0.1, 0.15) is 21.4 Å². The number of amides is 1. The number of aromatic nitrogens is 1. The molecule has 1 aromatic heterocycles. The minimum absolute atomic E-state index is 0.0634. The topological polar surface area (TPSA) is 54.9 Å². The lowest BCUT2D eigenvalue weighted by atomic mass is 10.2. The van der Waals surface area contributed by atoms with Gasteiger partial charge in [0.05, 0.1) is 25.5 Å². The first-order valence-corrected chi connectivity index (χ1v) is 10.00. The van der Waals surface area contributed by atoms with Crippen LogP contribution in [0.2, 0.25) is 0 Å². The van der Waals surface area contributed by atoms with Gasteiger partial charge in [0.15, 0.2) is 0 Å². The Balaban J connectivity index is 1.87. The Kier molecular flexibility index (Phi) is 6.01. The number of aryl methyl sites for hydroxylation is 1. The van der Waals surface area contributed by atoms with E-state index in [1.807, 2.05) is 30.0 Å². The fraction of sp³-hybridized carbons (Fsp3) is 0.500. The molecular weight excluding hydrogens is 362 g/mol. The van der Waals surface area contributed by atoms with Gasteiger partial charge < -0.3 is 14.4 Å². The molecule has 1 fully saturated rings. The highest BCUT2D eigenvalue weighted by Gasteiger charge is 2.27. The van der Waals surface area contributed by atoms with E-state index >= 15 is 0 Å². The number of piperazine rings is 1. The van der Waals surface area contributed by atoms with Crippen molar-refractivity contribution in [2.24, 2.45) is 0 Å². The van der Waals surface area contributed by atoms with Gasteiger partial charge in [-0.2, -0.15) is 0 Å². The van der Waals surface area contributed by atoms with Crippen molar-refractivity contribution in [3.8, 4) is 22.1 Å². The highest BCUT2D eigenvalue weighted by atomic mass is 32.1. The van der Waals surface area contributed by atoms with E-state index in [1.165, 1.54) is 11.3 Å². The molecule has 3 rings (SSSR count). The molecule has 0 bridgehead atoms. The molecule has 1 saturated heterocycles. The number of nitrogens with zero attached hydrogens (tertiary/aromatic N) is 3. The molecule has 27 heavy (non-hydrogen) atoms. The predicted molar refractivity (Wildman–Crippen MR) is 108 cm³/mol. The van der Waals surface area contributed by atoms with Gasteiger partial charge in [-0.25, -0.2) is 4.98 Å². The predicted octanol–water partition coefficient (Wildman–Crippen LogP) is 3.30. The van der Waals surface area contributed by atoms with E-state index in [2.05, 4.69) is 23.7 Å². The van der Waals surface area contributed by atoms with E-state index < -0.39 is 0 Å². The number of carbonyl (C=O) groups excluding carboxylic acids is 1. The summed E-state index contributed by atoms with van der Waals surface area (Å²) >= 11 is 1.40. The first kappa shape index (κ1) is 19.6. The van der Waals surface area contributed by atoms with Gasteiger partial charge in [-0.3, -0.25) is 9.69 Å². The first-order chi connectivity index (χ1) is 13.0. The number of hydrogen-bond donors (Lipinski definition) is 0. The fourth-order valence-electron chi connectivity index (χ4n) is 3.35. The third kappa shape index (κ3) is 3.94. The third-order valence-electron chi connectivity index (χ3n) is 4.96. The van der Waals surface area contributed by atoms with Crippen LogP contribution in [0.1, 0.15) is 29.2 Å². The SMILES string of the molecule is COc1cccc(OC)c1-c1nc(C)c(C(=O)N2CCN(C(C)C)CC2)s1. The maximum absolute atomic E-state index is 13.1. The monoisotopic (exact) mass is 389 g/mol. The molecule has 0 aliphatic carbocycles. The van der Waals surface area contributed by atoms with Gasteiger partial charge in [0, 0.05) is 32.2 Å². The molecule has 0 N–H and O–H groups in total. The van der Waals surface area contributed by atoms with Gasteiger partial charge in [-0.1, -0.05) is 6.07 Å². The molecule has 0 radical (unpaired) electrons. The van der Waals surface area contributed by atoms with Gasteiger partial charge in [-0.05, 0) is 32.9 Å². The number of ether oxygens (including phenoxy) is 2. The second-order valence-corrected chi connectivity index (χ2v) is 7.89. The van der Waals surface area contributed by atoms with Gasteiger partial charge in [-0.15, -0.1) is 11.3 Å². The zero-order chi connectivity index (χ0) is 19.6. The smallest absolute Gasteiger partial charge is 0.265 e. The Hall–Kier alpha value is -2.12. The van der Waals surface area contributed by atoms with Crippen LogP contribution >= 0.6 is 11.3 Å². The second kappa shape index (κ2) is 8.27. The van der Waals surface area contributed by atoms with E-state index in [9.17, 15) is 4.79 Å². The van der Waals surface area contributed by atoms with Gasteiger partial charge in [0.2, 0.25) is 0 Å². The quantitative estimate of drug-likeness (QED) is 0.785. The van der Waals surface area contributed by atoms with Crippen LogP contribution in [-0.2, 0) is 0 Å². The normalized spacial score (nSPS) is 15.3. The summed E-state index contributed by atoms with van der Waals surface area (Å²) in [6, 6.07) is 6.14. The summed E-state index contributed by atoms with van der Waals surface area (Å²) in [6.07, 6.45) is 0. The van der Waals surface area contributed by atoms with Crippen LogP contribution in [0.15, 0.2) is 18.2 Å². The van der Waals surface area contributed by atoms with Crippen molar-refractivity contribution in [1.82, 2.24) is 14.8 Å². The molecule has 2 heterocycles. The Morgan fingerprint density at radius 1 is 1.11 bits per heavy atom. The van der Waals surface area contributed by atoms with Crippen LogP contribution in [0.4, 0.5) is 0 Å². The molecule has 6 nitrogen and oxygen atoms in total. The highest BCUT2D eigenvalue weighted by Crippen LogP contribution is 2.41. The van der Waals surface area contributed by atoms with Crippen LogP contribution in [0.3, 0.4) is 0 Å². The van der Waals surface area contributed by atoms with Gasteiger partial charge in [0.25, 0.3) is 5.91 Å². The Morgan fingerprint density at radius 2 is 1.70 bits per heavy atom. The lowest BCUT2D eigenvalue weighted by Crippen LogP contribution is -2.50. The largest absolute Gasteiger partial charge is 0.496 e. The molecular formula is C20H27N3O3S. The second-order valence-electron chi connectivity index (χ2n) is 6.89. The Morgan fingerprint density at radius 3 is 2.22 bits per heavy atom. The minimum atomic E-state index is 0.0634. The van der Waals surface area contributed by atoms with Crippen molar-refractivity contribution in [2.75, 3.05) is 40.4 Å². The lowest BCUT2D eigenvalue weighted by molar-refractivity contribution is 0.0599.